The van der Waals surface area contributed by atoms with Crippen molar-refractivity contribution in [2.45, 2.75) is 13.0 Å². The highest BCUT2D eigenvalue weighted by Gasteiger charge is 2.08. The third kappa shape index (κ3) is 3.47. The fourth-order valence-electron chi connectivity index (χ4n) is 1.98. The zero-order chi connectivity index (χ0) is 12.9. The lowest BCUT2D eigenvalue weighted by Gasteiger charge is -2.15. The van der Waals surface area contributed by atoms with Gasteiger partial charge in [0.1, 0.15) is 6.33 Å². The lowest BCUT2D eigenvalue weighted by Crippen LogP contribution is -2.40. The predicted octanol–water partition coefficient (Wildman–Crippen LogP) is 1.32. The molecular weight excluding hydrogens is 367 g/mol. The van der Waals surface area contributed by atoms with Crippen molar-refractivity contribution < 1.29 is 0 Å². The third-order valence-electron chi connectivity index (χ3n) is 2.93. The van der Waals surface area contributed by atoms with E-state index < -0.39 is 0 Å². The Labute approximate surface area is 134 Å². The van der Waals surface area contributed by atoms with Crippen LogP contribution in [-0.4, -0.2) is 33.8 Å². The van der Waals surface area contributed by atoms with E-state index in [0.29, 0.717) is 6.54 Å². The molecule has 20 heavy (non-hydrogen) atoms. The SMILES string of the molecule is I.c1ccc(-n2ncnc2CNC2=NCCCN2)cc1. The molecule has 2 N–H and O–H groups in total. The highest BCUT2D eigenvalue weighted by Crippen LogP contribution is 2.07. The number of hydrogen-bond donors (Lipinski definition) is 2. The lowest BCUT2D eigenvalue weighted by molar-refractivity contribution is 0.682. The maximum Gasteiger partial charge on any atom is 0.191 e. The minimum absolute atomic E-state index is 0. The maximum atomic E-state index is 4.37. The van der Waals surface area contributed by atoms with Crippen LogP contribution >= 0.6 is 24.0 Å². The number of benzene rings is 1. The Kier molecular flexibility index (Phi) is 5.33. The van der Waals surface area contributed by atoms with Gasteiger partial charge in [0, 0.05) is 13.1 Å². The van der Waals surface area contributed by atoms with Gasteiger partial charge in [0.15, 0.2) is 11.8 Å². The molecule has 0 unspecified atom stereocenters. The summed E-state index contributed by atoms with van der Waals surface area (Å²) < 4.78 is 1.83. The molecule has 6 nitrogen and oxygen atoms in total. The van der Waals surface area contributed by atoms with Crippen molar-refractivity contribution in [3.05, 3.63) is 42.5 Å². The molecule has 1 aliphatic rings. The number of guanidine groups is 1. The number of halogens is 1. The fraction of sp³-hybridized carbons (Fsp3) is 0.308. The molecule has 0 saturated carbocycles. The monoisotopic (exact) mass is 384 g/mol. The van der Waals surface area contributed by atoms with Crippen LogP contribution in [0.25, 0.3) is 5.69 Å². The Morgan fingerprint density at radius 3 is 2.85 bits per heavy atom. The average molecular weight is 384 g/mol. The average Bonchev–Trinajstić information content (AvgIpc) is 2.95. The van der Waals surface area contributed by atoms with Gasteiger partial charge in [0.2, 0.25) is 0 Å². The van der Waals surface area contributed by atoms with Gasteiger partial charge in [-0.05, 0) is 18.6 Å². The Hall–Kier alpha value is -1.64. The maximum absolute atomic E-state index is 4.37. The van der Waals surface area contributed by atoms with Crippen LogP contribution < -0.4 is 10.6 Å². The number of hydrogen-bond acceptors (Lipinski definition) is 5. The first-order valence-electron chi connectivity index (χ1n) is 6.40. The van der Waals surface area contributed by atoms with E-state index in [0.717, 1.165) is 37.0 Å². The molecule has 0 aliphatic carbocycles. The van der Waals surface area contributed by atoms with Gasteiger partial charge in [-0.2, -0.15) is 5.10 Å². The van der Waals surface area contributed by atoms with E-state index in [4.69, 9.17) is 0 Å². The van der Waals surface area contributed by atoms with Crippen LogP contribution in [0.2, 0.25) is 0 Å². The number of rotatable bonds is 3. The number of nitrogens with zero attached hydrogens (tertiary/aromatic N) is 4. The van der Waals surface area contributed by atoms with Crippen molar-refractivity contribution in [2.24, 2.45) is 4.99 Å². The summed E-state index contributed by atoms with van der Waals surface area (Å²) in [6, 6.07) is 9.98. The summed E-state index contributed by atoms with van der Waals surface area (Å²) in [5, 5.41) is 10.7. The van der Waals surface area contributed by atoms with E-state index in [1.807, 2.05) is 35.0 Å². The molecule has 0 spiro atoms. The van der Waals surface area contributed by atoms with Gasteiger partial charge >= 0.3 is 0 Å². The van der Waals surface area contributed by atoms with Crippen LogP contribution in [0.5, 0.6) is 0 Å². The minimum Gasteiger partial charge on any atom is -0.356 e. The molecule has 7 heteroatoms. The van der Waals surface area contributed by atoms with Crippen molar-refractivity contribution in [1.82, 2.24) is 25.4 Å². The number of aliphatic imine (C=N–C) groups is 1. The summed E-state index contributed by atoms with van der Waals surface area (Å²) in [4.78, 5) is 8.65. The Morgan fingerprint density at radius 2 is 2.10 bits per heavy atom. The second-order valence-corrected chi connectivity index (χ2v) is 4.29. The van der Waals surface area contributed by atoms with Crippen LogP contribution in [0, 0.1) is 0 Å². The van der Waals surface area contributed by atoms with Crippen molar-refractivity contribution in [2.75, 3.05) is 13.1 Å². The van der Waals surface area contributed by atoms with Crippen LogP contribution in [0.3, 0.4) is 0 Å². The second-order valence-electron chi connectivity index (χ2n) is 4.29. The van der Waals surface area contributed by atoms with E-state index >= 15 is 0 Å². The lowest BCUT2D eigenvalue weighted by atomic mass is 10.3. The van der Waals surface area contributed by atoms with Crippen LogP contribution in [0.15, 0.2) is 41.7 Å². The molecule has 1 aromatic heterocycles. The van der Waals surface area contributed by atoms with Crippen LogP contribution in [0.4, 0.5) is 0 Å². The van der Waals surface area contributed by atoms with Crippen molar-refractivity contribution in [1.29, 1.82) is 0 Å². The van der Waals surface area contributed by atoms with Crippen LogP contribution in [-0.2, 0) is 6.54 Å². The molecule has 0 fully saturated rings. The zero-order valence-corrected chi connectivity index (χ0v) is 13.3. The van der Waals surface area contributed by atoms with Gasteiger partial charge in [-0.25, -0.2) is 9.67 Å². The van der Waals surface area contributed by atoms with Crippen LogP contribution in [0.1, 0.15) is 12.2 Å². The molecule has 3 rings (SSSR count). The quantitative estimate of drug-likeness (QED) is 0.784. The fourth-order valence-corrected chi connectivity index (χ4v) is 1.98. The summed E-state index contributed by atoms with van der Waals surface area (Å²) in [6.45, 7) is 2.44. The van der Waals surface area contributed by atoms with Crippen molar-refractivity contribution in [3.8, 4) is 5.69 Å². The first-order chi connectivity index (χ1) is 9.43. The molecule has 1 aromatic carbocycles. The molecule has 2 heterocycles. The smallest absolute Gasteiger partial charge is 0.191 e. The van der Waals surface area contributed by atoms with Gasteiger partial charge in [0.25, 0.3) is 0 Å². The van der Waals surface area contributed by atoms with Crippen molar-refractivity contribution >= 4 is 29.9 Å². The molecule has 0 amide bonds. The van der Waals surface area contributed by atoms with Gasteiger partial charge in [-0.1, -0.05) is 18.2 Å². The first-order valence-corrected chi connectivity index (χ1v) is 6.40. The highest BCUT2D eigenvalue weighted by atomic mass is 127. The van der Waals surface area contributed by atoms with E-state index in [9.17, 15) is 0 Å². The topological polar surface area (TPSA) is 67.1 Å². The summed E-state index contributed by atoms with van der Waals surface area (Å²) in [6.07, 6.45) is 2.66. The summed E-state index contributed by atoms with van der Waals surface area (Å²) in [5.41, 5.74) is 1.01. The van der Waals surface area contributed by atoms with E-state index in [1.165, 1.54) is 0 Å². The summed E-state index contributed by atoms with van der Waals surface area (Å²) in [7, 11) is 0. The molecular formula is C13H17IN6. The normalized spacial score (nSPS) is 13.9. The Balaban J connectivity index is 0.00000147. The molecule has 2 aromatic rings. The number of aromatic nitrogens is 3. The molecule has 0 bridgehead atoms. The summed E-state index contributed by atoms with van der Waals surface area (Å²) in [5.74, 6) is 1.70. The van der Waals surface area contributed by atoms with E-state index in [1.54, 1.807) is 6.33 Å². The largest absolute Gasteiger partial charge is 0.356 e. The van der Waals surface area contributed by atoms with E-state index in [-0.39, 0.29) is 24.0 Å². The molecule has 0 atom stereocenters. The van der Waals surface area contributed by atoms with Gasteiger partial charge < -0.3 is 10.6 Å². The molecule has 0 radical (unpaired) electrons. The minimum atomic E-state index is 0. The number of nitrogens with one attached hydrogen (secondary N) is 2. The van der Waals surface area contributed by atoms with Crippen molar-refractivity contribution in [3.63, 3.8) is 0 Å². The van der Waals surface area contributed by atoms with Gasteiger partial charge in [-0.15, -0.1) is 24.0 Å². The summed E-state index contributed by atoms with van der Waals surface area (Å²) >= 11 is 0. The van der Waals surface area contributed by atoms with Gasteiger partial charge in [-0.3, -0.25) is 4.99 Å². The zero-order valence-electron chi connectivity index (χ0n) is 11.0. The Bertz CT molecular complexity index is 565. The molecule has 106 valence electrons. The first kappa shape index (κ1) is 14.8. The van der Waals surface area contributed by atoms with E-state index in [2.05, 4.69) is 25.7 Å². The second kappa shape index (κ2) is 7.22. The van der Waals surface area contributed by atoms with Gasteiger partial charge in [0.05, 0.1) is 12.2 Å². The number of para-hydroxylation sites is 1. The highest BCUT2D eigenvalue weighted by molar-refractivity contribution is 14.0. The Morgan fingerprint density at radius 1 is 1.25 bits per heavy atom. The molecule has 0 saturated heterocycles. The third-order valence-corrected chi connectivity index (χ3v) is 2.93. The molecule has 1 aliphatic heterocycles. The standard InChI is InChI=1S/C13H16N6.HI/c1-2-5-11(6-3-1)19-12(17-10-18-19)9-16-13-14-7-4-8-15-13;/h1-3,5-6,10H,4,7-9H2,(H2,14,15,16);1H. The predicted molar refractivity (Wildman–Crippen MR) is 88.5 cm³/mol.